The summed E-state index contributed by atoms with van der Waals surface area (Å²) in [7, 11) is 8.05. The summed E-state index contributed by atoms with van der Waals surface area (Å²) < 4.78 is 5.41. The lowest BCUT2D eigenvalue weighted by atomic mass is 9.97. The fourth-order valence-corrected chi connectivity index (χ4v) is 2.48. The van der Waals surface area contributed by atoms with Crippen LogP contribution in [0.3, 0.4) is 0 Å². The smallest absolute Gasteiger partial charge is 0.122 e. The van der Waals surface area contributed by atoms with Gasteiger partial charge in [-0.15, -0.1) is 0 Å². The Labute approximate surface area is 118 Å². The van der Waals surface area contributed by atoms with Gasteiger partial charge in [0.15, 0.2) is 0 Å². The molecule has 0 amide bonds. The molecule has 1 unspecified atom stereocenters. The van der Waals surface area contributed by atoms with E-state index < -0.39 is 0 Å². The SMILES string of the molecule is CCc1cc(C(CCCNC)N(C)C)ccc1OC. The molecule has 0 fully saturated rings. The van der Waals surface area contributed by atoms with Gasteiger partial charge < -0.3 is 15.0 Å². The highest BCUT2D eigenvalue weighted by Gasteiger charge is 2.15. The molecular formula is C16H28N2O. The zero-order valence-electron chi connectivity index (χ0n) is 13.0. The van der Waals surface area contributed by atoms with Gasteiger partial charge in [0, 0.05) is 6.04 Å². The number of nitrogens with zero attached hydrogens (tertiary/aromatic N) is 1. The minimum atomic E-state index is 0.476. The average molecular weight is 264 g/mol. The minimum Gasteiger partial charge on any atom is -0.496 e. The van der Waals surface area contributed by atoms with Gasteiger partial charge in [0.2, 0.25) is 0 Å². The van der Waals surface area contributed by atoms with Crippen molar-refractivity contribution in [1.82, 2.24) is 10.2 Å². The summed E-state index contributed by atoms with van der Waals surface area (Å²) >= 11 is 0. The Hall–Kier alpha value is -1.06. The van der Waals surface area contributed by atoms with Gasteiger partial charge in [-0.25, -0.2) is 0 Å². The first-order valence-corrected chi connectivity index (χ1v) is 7.11. The van der Waals surface area contributed by atoms with E-state index >= 15 is 0 Å². The number of methoxy groups -OCH3 is 1. The molecule has 1 N–H and O–H groups in total. The third kappa shape index (κ3) is 4.51. The second-order valence-electron chi connectivity index (χ2n) is 5.15. The molecule has 0 spiro atoms. The quantitative estimate of drug-likeness (QED) is 0.731. The van der Waals surface area contributed by atoms with Gasteiger partial charge in [-0.3, -0.25) is 0 Å². The zero-order valence-corrected chi connectivity index (χ0v) is 13.0. The van der Waals surface area contributed by atoms with E-state index in [1.807, 2.05) is 7.05 Å². The summed E-state index contributed by atoms with van der Waals surface area (Å²) in [5, 5.41) is 3.22. The van der Waals surface area contributed by atoms with E-state index in [1.54, 1.807) is 7.11 Å². The van der Waals surface area contributed by atoms with Gasteiger partial charge in [-0.2, -0.15) is 0 Å². The third-order valence-corrected chi connectivity index (χ3v) is 3.60. The summed E-state index contributed by atoms with van der Waals surface area (Å²) in [6.07, 6.45) is 3.36. The van der Waals surface area contributed by atoms with Crippen LogP contribution < -0.4 is 10.1 Å². The molecule has 1 aromatic rings. The molecule has 0 saturated carbocycles. The Balaban J connectivity index is 2.89. The number of benzene rings is 1. The van der Waals surface area contributed by atoms with E-state index in [0.717, 1.165) is 18.7 Å². The van der Waals surface area contributed by atoms with Gasteiger partial charge >= 0.3 is 0 Å². The average Bonchev–Trinajstić information content (AvgIpc) is 2.42. The topological polar surface area (TPSA) is 24.5 Å². The Morgan fingerprint density at radius 2 is 2.05 bits per heavy atom. The van der Waals surface area contributed by atoms with Crippen molar-refractivity contribution in [3.63, 3.8) is 0 Å². The lowest BCUT2D eigenvalue weighted by molar-refractivity contribution is 0.278. The molecule has 0 radical (unpaired) electrons. The summed E-state index contributed by atoms with van der Waals surface area (Å²) in [5.41, 5.74) is 2.68. The fourth-order valence-electron chi connectivity index (χ4n) is 2.48. The molecule has 108 valence electrons. The van der Waals surface area contributed by atoms with Crippen molar-refractivity contribution in [3.8, 4) is 5.75 Å². The molecule has 0 saturated heterocycles. The zero-order chi connectivity index (χ0) is 14.3. The van der Waals surface area contributed by atoms with Crippen molar-refractivity contribution in [2.75, 3.05) is 34.8 Å². The van der Waals surface area contributed by atoms with Crippen LogP contribution in [-0.4, -0.2) is 39.7 Å². The number of rotatable bonds is 8. The fraction of sp³-hybridized carbons (Fsp3) is 0.625. The van der Waals surface area contributed by atoms with Crippen molar-refractivity contribution in [2.45, 2.75) is 32.2 Å². The highest BCUT2D eigenvalue weighted by molar-refractivity contribution is 5.38. The van der Waals surface area contributed by atoms with E-state index in [2.05, 4.69) is 49.4 Å². The molecule has 0 heterocycles. The standard InChI is InChI=1S/C16H28N2O/c1-6-13-12-14(9-10-16(13)19-5)15(18(3)4)8-7-11-17-2/h9-10,12,15,17H,6-8,11H2,1-5H3. The Morgan fingerprint density at radius 3 is 2.58 bits per heavy atom. The lowest BCUT2D eigenvalue weighted by Gasteiger charge is -2.25. The van der Waals surface area contributed by atoms with E-state index in [-0.39, 0.29) is 0 Å². The van der Waals surface area contributed by atoms with Crippen molar-refractivity contribution in [3.05, 3.63) is 29.3 Å². The number of aryl methyl sites for hydroxylation is 1. The Kier molecular flexibility index (Phi) is 6.89. The summed E-state index contributed by atoms with van der Waals surface area (Å²) in [6, 6.07) is 7.07. The molecule has 3 heteroatoms. The van der Waals surface area contributed by atoms with Crippen LogP contribution in [0.2, 0.25) is 0 Å². The van der Waals surface area contributed by atoms with Crippen LogP contribution in [0.25, 0.3) is 0 Å². The molecular weight excluding hydrogens is 236 g/mol. The first-order chi connectivity index (χ1) is 9.13. The van der Waals surface area contributed by atoms with E-state index in [4.69, 9.17) is 4.74 Å². The summed E-state index contributed by atoms with van der Waals surface area (Å²) in [5.74, 6) is 0.999. The molecule has 0 aliphatic carbocycles. The van der Waals surface area contributed by atoms with Crippen LogP contribution in [0.15, 0.2) is 18.2 Å². The van der Waals surface area contributed by atoms with Crippen molar-refractivity contribution in [1.29, 1.82) is 0 Å². The molecule has 0 aromatic heterocycles. The van der Waals surface area contributed by atoms with Crippen LogP contribution in [0.1, 0.15) is 36.9 Å². The van der Waals surface area contributed by atoms with Crippen LogP contribution in [-0.2, 0) is 6.42 Å². The molecule has 3 nitrogen and oxygen atoms in total. The molecule has 0 aliphatic rings. The molecule has 0 aliphatic heterocycles. The number of hydrogen-bond acceptors (Lipinski definition) is 3. The largest absolute Gasteiger partial charge is 0.496 e. The van der Waals surface area contributed by atoms with Gasteiger partial charge in [0.1, 0.15) is 5.75 Å². The molecule has 1 rings (SSSR count). The summed E-state index contributed by atoms with van der Waals surface area (Å²) in [4.78, 5) is 2.30. The first kappa shape index (κ1) is 16.0. The Morgan fingerprint density at radius 1 is 1.32 bits per heavy atom. The molecule has 19 heavy (non-hydrogen) atoms. The lowest BCUT2D eigenvalue weighted by Crippen LogP contribution is -2.21. The highest BCUT2D eigenvalue weighted by Crippen LogP contribution is 2.28. The van der Waals surface area contributed by atoms with E-state index in [0.29, 0.717) is 6.04 Å². The third-order valence-electron chi connectivity index (χ3n) is 3.60. The maximum Gasteiger partial charge on any atom is 0.122 e. The number of ether oxygens (including phenoxy) is 1. The van der Waals surface area contributed by atoms with Crippen molar-refractivity contribution in [2.24, 2.45) is 0 Å². The molecule has 1 aromatic carbocycles. The highest BCUT2D eigenvalue weighted by atomic mass is 16.5. The number of nitrogens with one attached hydrogen (secondary N) is 1. The van der Waals surface area contributed by atoms with Crippen molar-refractivity contribution >= 4 is 0 Å². The van der Waals surface area contributed by atoms with E-state index in [9.17, 15) is 0 Å². The first-order valence-electron chi connectivity index (χ1n) is 7.11. The number of hydrogen-bond donors (Lipinski definition) is 1. The Bertz CT molecular complexity index is 377. The van der Waals surface area contributed by atoms with Crippen LogP contribution in [0.4, 0.5) is 0 Å². The van der Waals surface area contributed by atoms with Gasteiger partial charge in [-0.05, 0) is 64.1 Å². The van der Waals surface area contributed by atoms with Gasteiger partial charge in [0.05, 0.1) is 7.11 Å². The van der Waals surface area contributed by atoms with Crippen LogP contribution in [0, 0.1) is 0 Å². The van der Waals surface area contributed by atoms with E-state index in [1.165, 1.54) is 24.0 Å². The second kappa shape index (κ2) is 8.18. The van der Waals surface area contributed by atoms with Crippen molar-refractivity contribution < 1.29 is 4.74 Å². The van der Waals surface area contributed by atoms with Crippen LogP contribution >= 0.6 is 0 Å². The minimum absolute atomic E-state index is 0.476. The van der Waals surface area contributed by atoms with Gasteiger partial charge in [0.25, 0.3) is 0 Å². The normalized spacial score (nSPS) is 12.7. The summed E-state index contributed by atoms with van der Waals surface area (Å²) in [6.45, 7) is 3.24. The van der Waals surface area contributed by atoms with Crippen LogP contribution in [0.5, 0.6) is 5.75 Å². The predicted octanol–water partition coefficient (Wildman–Crippen LogP) is 2.86. The maximum atomic E-state index is 5.41. The maximum absolute atomic E-state index is 5.41. The molecule has 0 bridgehead atoms. The monoisotopic (exact) mass is 264 g/mol. The molecule has 1 atom stereocenters. The predicted molar refractivity (Wildman–Crippen MR) is 82.0 cm³/mol. The second-order valence-corrected chi connectivity index (χ2v) is 5.15. The van der Waals surface area contributed by atoms with Gasteiger partial charge in [-0.1, -0.05) is 19.1 Å².